The molecule has 0 bridgehead atoms. The zero-order valence-corrected chi connectivity index (χ0v) is 15.5. The summed E-state index contributed by atoms with van der Waals surface area (Å²) < 4.78 is 4.28. The smallest absolute Gasteiger partial charge is 0.198 e. The van der Waals surface area contributed by atoms with Crippen LogP contribution in [0.15, 0.2) is 18.2 Å². The van der Waals surface area contributed by atoms with Crippen LogP contribution in [0, 0.1) is 18.6 Å². The molecule has 0 spiro atoms. The van der Waals surface area contributed by atoms with Crippen molar-refractivity contribution >= 4 is 12.2 Å². The summed E-state index contributed by atoms with van der Waals surface area (Å²) in [4.78, 5) is 2.47. The minimum atomic E-state index is -0.0897. The van der Waals surface area contributed by atoms with Gasteiger partial charge in [-0.25, -0.2) is 4.68 Å². The van der Waals surface area contributed by atoms with E-state index in [9.17, 15) is 5.11 Å². The molecule has 1 aliphatic rings. The van der Waals surface area contributed by atoms with Crippen molar-refractivity contribution in [2.24, 2.45) is 7.05 Å². The van der Waals surface area contributed by atoms with Crippen LogP contribution in [0.2, 0.25) is 0 Å². The van der Waals surface area contributed by atoms with Gasteiger partial charge in [0, 0.05) is 19.6 Å². The molecule has 0 radical (unpaired) electrons. The minimum Gasteiger partial charge on any atom is -0.388 e. The molecule has 0 aliphatic carbocycles. The summed E-state index contributed by atoms with van der Waals surface area (Å²) in [6.45, 7) is 6.02. The summed E-state index contributed by atoms with van der Waals surface area (Å²) in [5, 5.41) is 13.9. The highest BCUT2D eigenvalue weighted by atomic mass is 32.1. The number of aliphatic hydroxyl groups is 1. The van der Waals surface area contributed by atoms with Crippen LogP contribution in [0.25, 0.3) is 0 Å². The van der Waals surface area contributed by atoms with Gasteiger partial charge in [-0.05, 0) is 55.6 Å². The summed E-state index contributed by atoms with van der Waals surface area (Å²) >= 11 is 5.48. The second-order valence-corrected chi connectivity index (χ2v) is 7.04. The van der Waals surface area contributed by atoms with Gasteiger partial charge in [-0.3, -0.25) is 4.90 Å². The number of likely N-dealkylation sites (tertiary alicyclic amines) is 1. The zero-order chi connectivity index (χ0) is 17.3. The molecule has 130 valence electrons. The molecule has 2 aromatic rings. The molecule has 1 N–H and O–H groups in total. The molecule has 0 amide bonds. The first-order chi connectivity index (χ1) is 11.5. The van der Waals surface area contributed by atoms with E-state index in [1.807, 2.05) is 11.7 Å². The Hall–Kier alpha value is -1.50. The van der Waals surface area contributed by atoms with Crippen molar-refractivity contribution < 1.29 is 5.11 Å². The average molecular weight is 347 g/mol. The minimum absolute atomic E-state index is 0.0897. The molecule has 1 saturated heterocycles. The van der Waals surface area contributed by atoms with Crippen molar-refractivity contribution in [1.29, 1.82) is 0 Å². The van der Waals surface area contributed by atoms with Crippen molar-refractivity contribution in [3.63, 3.8) is 0 Å². The number of nitrogens with zero attached hydrogens (tertiary/aromatic N) is 4. The number of rotatable bonds is 4. The Morgan fingerprint density at radius 3 is 2.79 bits per heavy atom. The Labute approximate surface area is 148 Å². The predicted molar refractivity (Wildman–Crippen MR) is 97.2 cm³/mol. The maximum absolute atomic E-state index is 9.40. The van der Waals surface area contributed by atoms with Crippen LogP contribution < -0.4 is 0 Å². The van der Waals surface area contributed by atoms with Crippen LogP contribution in [-0.4, -0.2) is 30.9 Å². The third-order valence-electron chi connectivity index (χ3n) is 5.21. The lowest BCUT2D eigenvalue weighted by Gasteiger charge is -2.36. The molecular formula is C18H26N4OS. The highest BCUT2D eigenvalue weighted by molar-refractivity contribution is 7.71. The first-order valence-corrected chi connectivity index (χ1v) is 8.97. The van der Waals surface area contributed by atoms with Gasteiger partial charge in [0.15, 0.2) is 10.6 Å². The van der Waals surface area contributed by atoms with E-state index in [1.54, 1.807) is 4.57 Å². The molecule has 1 aromatic heterocycles. The van der Waals surface area contributed by atoms with Gasteiger partial charge in [-0.1, -0.05) is 24.6 Å². The number of piperidine rings is 1. The molecule has 2 heterocycles. The van der Waals surface area contributed by atoms with E-state index in [4.69, 9.17) is 12.2 Å². The zero-order valence-electron chi connectivity index (χ0n) is 14.7. The van der Waals surface area contributed by atoms with E-state index >= 15 is 0 Å². The second-order valence-electron chi connectivity index (χ2n) is 6.67. The molecule has 24 heavy (non-hydrogen) atoms. The van der Waals surface area contributed by atoms with Gasteiger partial charge in [-0.2, -0.15) is 5.10 Å². The van der Waals surface area contributed by atoms with Gasteiger partial charge in [0.05, 0.1) is 6.67 Å². The van der Waals surface area contributed by atoms with Gasteiger partial charge in [-0.15, -0.1) is 0 Å². The third-order valence-corrected chi connectivity index (χ3v) is 5.69. The van der Waals surface area contributed by atoms with Gasteiger partial charge >= 0.3 is 0 Å². The van der Waals surface area contributed by atoms with Crippen molar-refractivity contribution in [3.8, 4) is 0 Å². The van der Waals surface area contributed by atoms with Crippen LogP contribution >= 0.6 is 12.2 Å². The molecular weight excluding hydrogens is 320 g/mol. The molecule has 1 fully saturated rings. The standard InChI is InChI=1S/C18H26N4OS/c1-13-7-6-8-15(14(13)2)16-9-4-5-10-21(16)12-22-18(24)20(3)17(11-23)19-22/h6-8,16,23H,4-5,9-12H2,1-3H3. The van der Waals surface area contributed by atoms with Crippen LogP contribution in [-0.2, 0) is 20.3 Å². The van der Waals surface area contributed by atoms with Crippen LogP contribution in [0.5, 0.6) is 0 Å². The molecule has 3 rings (SSSR count). The van der Waals surface area contributed by atoms with E-state index in [0.29, 0.717) is 23.3 Å². The number of aromatic nitrogens is 3. The number of hydrogen-bond donors (Lipinski definition) is 1. The second kappa shape index (κ2) is 7.17. The first kappa shape index (κ1) is 17.3. The van der Waals surface area contributed by atoms with Gasteiger partial charge in [0.25, 0.3) is 0 Å². The van der Waals surface area contributed by atoms with E-state index in [2.05, 4.69) is 42.0 Å². The fourth-order valence-corrected chi connectivity index (χ4v) is 3.79. The molecule has 1 aliphatic heterocycles. The van der Waals surface area contributed by atoms with Gasteiger partial charge in [0.1, 0.15) is 6.61 Å². The van der Waals surface area contributed by atoms with E-state index in [-0.39, 0.29) is 6.61 Å². The number of aryl methyl sites for hydroxylation is 1. The summed E-state index contributed by atoms with van der Waals surface area (Å²) in [5.41, 5.74) is 4.14. The number of benzene rings is 1. The first-order valence-electron chi connectivity index (χ1n) is 8.56. The van der Waals surface area contributed by atoms with E-state index < -0.39 is 0 Å². The SMILES string of the molecule is Cc1cccc(C2CCCCN2Cn2nc(CO)n(C)c2=S)c1C. The summed E-state index contributed by atoms with van der Waals surface area (Å²) in [6.07, 6.45) is 3.62. The lowest BCUT2D eigenvalue weighted by molar-refractivity contribution is 0.102. The Kier molecular flexibility index (Phi) is 5.18. The Morgan fingerprint density at radius 1 is 1.29 bits per heavy atom. The van der Waals surface area contributed by atoms with Crippen molar-refractivity contribution in [2.75, 3.05) is 6.54 Å². The van der Waals surface area contributed by atoms with Gasteiger partial charge < -0.3 is 9.67 Å². The van der Waals surface area contributed by atoms with Crippen LogP contribution in [0.1, 0.15) is 47.8 Å². The summed E-state index contributed by atoms with van der Waals surface area (Å²) in [5.74, 6) is 0.611. The lowest BCUT2D eigenvalue weighted by Crippen LogP contribution is -2.35. The number of hydrogen-bond acceptors (Lipinski definition) is 4. The molecule has 1 unspecified atom stereocenters. The third kappa shape index (κ3) is 3.18. The monoisotopic (exact) mass is 346 g/mol. The van der Waals surface area contributed by atoms with Crippen LogP contribution in [0.3, 0.4) is 0 Å². The largest absolute Gasteiger partial charge is 0.388 e. The Morgan fingerprint density at radius 2 is 2.08 bits per heavy atom. The van der Waals surface area contributed by atoms with E-state index in [0.717, 1.165) is 13.0 Å². The summed E-state index contributed by atoms with van der Waals surface area (Å²) in [6, 6.07) is 6.98. The molecule has 6 heteroatoms. The van der Waals surface area contributed by atoms with E-state index in [1.165, 1.54) is 29.5 Å². The average Bonchev–Trinajstić information content (AvgIpc) is 2.86. The highest BCUT2D eigenvalue weighted by Crippen LogP contribution is 2.33. The summed E-state index contributed by atoms with van der Waals surface area (Å²) in [7, 11) is 1.86. The molecule has 1 aromatic carbocycles. The van der Waals surface area contributed by atoms with Crippen LogP contribution in [0.4, 0.5) is 0 Å². The predicted octanol–water partition coefficient (Wildman–Crippen LogP) is 3.24. The van der Waals surface area contributed by atoms with Gasteiger partial charge in [0.2, 0.25) is 0 Å². The molecule has 1 atom stereocenters. The maximum atomic E-state index is 9.40. The topological polar surface area (TPSA) is 46.2 Å². The Bertz CT molecular complexity index is 780. The quantitative estimate of drug-likeness (QED) is 0.863. The van der Waals surface area contributed by atoms with Crippen molar-refractivity contribution in [1.82, 2.24) is 19.2 Å². The fraction of sp³-hybridized carbons (Fsp3) is 0.556. The Balaban J connectivity index is 1.91. The normalized spacial score (nSPS) is 18.9. The van der Waals surface area contributed by atoms with Crippen molar-refractivity contribution in [2.45, 2.75) is 52.4 Å². The molecule has 5 nitrogen and oxygen atoms in total. The van der Waals surface area contributed by atoms with Crippen molar-refractivity contribution in [3.05, 3.63) is 45.5 Å². The lowest BCUT2D eigenvalue weighted by atomic mass is 9.91. The highest BCUT2D eigenvalue weighted by Gasteiger charge is 2.26. The maximum Gasteiger partial charge on any atom is 0.198 e. The molecule has 0 saturated carbocycles. The fourth-order valence-electron chi connectivity index (χ4n) is 3.58. The number of aliphatic hydroxyl groups excluding tert-OH is 1.